The van der Waals surface area contributed by atoms with Gasteiger partial charge in [-0.3, -0.25) is 24.6 Å². The second kappa shape index (κ2) is 19.6. The maximum absolute atomic E-state index is 12.4. The lowest BCUT2D eigenvalue weighted by Crippen LogP contribution is -2.49. The fraction of sp³-hybridized carbons (Fsp3) is 0.395. The molecule has 0 bridgehead atoms. The van der Waals surface area contributed by atoms with Crippen LogP contribution in [-0.4, -0.2) is 70.8 Å². The Bertz CT molecular complexity index is 1730. The molecular formula is C43H52N4O6. The standard InChI is InChI=1S/C43H52N4O6/c48-31-33-14-16-36(17-15-33)40-27-39(30-47-24-22-46(23-25-47)29-32-8-3-1-4-9-32)52-43(53-40)37-20-18-35(19-21-37)38-11-7-10-34(26-38)28-44-41(49)12-5-2-6-13-42(50)45-51/h1,3-4,7-11,14-21,26,39-40,43,48,51H,2,5-6,12-13,22-25,27-31H2,(H,44,49)(H,45,50)/t39-,40+,43+/m0/s1. The number of aliphatic hydroxyl groups excluding tert-OH is 1. The molecular weight excluding hydrogens is 668 g/mol. The average molecular weight is 721 g/mol. The predicted octanol–water partition coefficient (Wildman–Crippen LogP) is 6.28. The van der Waals surface area contributed by atoms with Crippen molar-refractivity contribution in [2.45, 2.75) is 76.7 Å². The number of nitrogens with one attached hydrogen (secondary N) is 2. The van der Waals surface area contributed by atoms with E-state index in [4.69, 9.17) is 14.7 Å². The molecule has 53 heavy (non-hydrogen) atoms. The van der Waals surface area contributed by atoms with Gasteiger partial charge in [0.2, 0.25) is 11.8 Å². The van der Waals surface area contributed by atoms with Crippen LogP contribution in [0.4, 0.5) is 0 Å². The molecule has 0 spiro atoms. The molecule has 0 unspecified atom stereocenters. The molecule has 10 heteroatoms. The highest BCUT2D eigenvalue weighted by Gasteiger charge is 2.34. The Balaban J connectivity index is 1.05. The number of amides is 2. The summed E-state index contributed by atoms with van der Waals surface area (Å²) in [6, 6.07) is 35.2. The number of aliphatic hydroxyl groups is 1. The number of carbonyl (C=O) groups excluding carboxylic acids is 2. The molecule has 0 aromatic heterocycles. The van der Waals surface area contributed by atoms with Crippen LogP contribution in [0.1, 0.15) is 78.7 Å². The first-order chi connectivity index (χ1) is 25.9. The molecule has 0 aliphatic carbocycles. The predicted molar refractivity (Wildman–Crippen MR) is 203 cm³/mol. The number of piperazine rings is 1. The number of nitrogens with zero attached hydrogens (tertiary/aromatic N) is 2. The summed E-state index contributed by atoms with van der Waals surface area (Å²) in [6.07, 6.45) is 2.82. The summed E-state index contributed by atoms with van der Waals surface area (Å²) in [7, 11) is 0. The summed E-state index contributed by atoms with van der Waals surface area (Å²) in [5, 5.41) is 21.2. The number of carbonyl (C=O) groups is 2. The third-order valence-electron chi connectivity index (χ3n) is 10.2. The van der Waals surface area contributed by atoms with E-state index in [0.717, 1.165) is 85.5 Å². The Morgan fingerprint density at radius 3 is 2.08 bits per heavy atom. The van der Waals surface area contributed by atoms with E-state index in [1.165, 1.54) is 5.56 Å². The Morgan fingerprint density at radius 1 is 0.679 bits per heavy atom. The van der Waals surface area contributed by atoms with Gasteiger partial charge in [-0.05, 0) is 52.3 Å². The van der Waals surface area contributed by atoms with Crippen LogP contribution in [0.25, 0.3) is 11.1 Å². The quantitative estimate of drug-likeness (QED) is 0.0606. The molecule has 4 aromatic carbocycles. The summed E-state index contributed by atoms with van der Waals surface area (Å²) in [6.45, 7) is 6.32. The summed E-state index contributed by atoms with van der Waals surface area (Å²) in [5.41, 5.74) is 9.03. The van der Waals surface area contributed by atoms with Crippen molar-refractivity contribution in [1.29, 1.82) is 0 Å². The van der Waals surface area contributed by atoms with Gasteiger partial charge in [-0.15, -0.1) is 0 Å². The normalized spacial score (nSPS) is 19.5. The minimum absolute atomic E-state index is 0.00345. The van der Waals surface area contributed by atoms with Gasteiger partial charge < -0.3 is 19.9 Å². The highest BCUT2D eigenvalue weighted by Crippen LogP contribution is 2.39. The molecule has 2 amide bonds. The van der Waals surface area contributed by atoms with E-state index >= 15 is 0 Å². The lowest BCUT2D eigenvalue weighted by Gasteiger charge is -2.40. The van der Waals surface area contributed by atoms with E-state index < -0.39 is 12.2 Å². The Morgan fingerprint density at radius 2 is 1.36 bits per heavy atom. The largest absolute Gasteiger partial charge is 0.392 e. The van der Waals surface area contributed by atoms with E-state index in [1.807, 2.05) is 24.3 Å². The third kappa shape index (κ3) is 11.5. The minimum Gasteiger partial charge on any atom is -0.392 e. The van der Waals surface area contributed by atoms with Gasteiger partial charge in [0.25, 0.3) is 0 Å². The smallest absolute Gasteiger partial charge is 0.243 e. The Hall–Kier alpha value is -4.42. The number of hydroxylamine groups is 1. The first-order valence-electron chi connectivity index (χ1n) is 18.8. The first kappa shape index (κ1) is 38.3. The third-order valence-corrected chi connectivity index (χ3v) is 10.2. The average Bonchev–Trinajstić information content (AvgIpc) is 3.21. The fourth-order valence-corrected chi connectivity index (χ4v) is 7.08. The highest BCUT2D eigenvalue weighted by atomic mass is 16.7. The lowest BCUT2D eigenvalue weighted by molar-refractivity contribution is -0.253. The van der Waals surface area contributed by atoms with Crippen molar-refractivity contribution in [1.82, 2.24) is 20.6 Å². The molecule has 4 N–H and O–H groups in total. The monoisotopic (exact) mass is 720 g/mol. The summed E-state index contributed by atoms with van der Waals surface area (Å²) in [5.74, 6) is -0.427. The molecule has 4 aromatic rings. The van der Waals surface area contributed by atoms with E-state index in [2.05, 4.69) is 94.0 Å². The van der Waals surface area contributed by atoms with Crippen LogP contribution < -0.4 is 10.8 Å². The molecule has 280 valence electrons. The summed E-state index contributed by atoms with van der Waals surface area (Å²) >= 11 is 0. The molecule has 2 heterocycles. The fourth-order valence-electron chi connectivity index (χ4n) is 7.08. The molecule has 6 rings (SSSR count). The zero-order valence-electron chi connectivity index (χ0n) is 30.4. The van der Waals surface area contributed by atoms with Crippen molar-refractivity contribution in [2.24, 2.45) is 0 Å². The number of benzene rings is 4. The van der Waals surface area contributed by atoms with Gasteiger partial charge in [-0.1, -0.05) is 103 Å². The molecule has 0 radical (unpaired) electrons. The van der Waals surface area contributed by atoms with Crippen LogP contribution in [0.3, 0.4) is 0 Å². The van der Waals surface area contributed by atoms with E-state index in [-0.39, 0.29) is 31.1 Å². The zero-order valence-corrected chi connectivity index (χ0v) is 30.4. The Kier molecular flexibility index (Phi) is 14.2. The molecule has 3 atom stereocenters. The molecule has 2 aliphatic rings. The number of ether oxygens (including phenoxy) is 2. The Labute approximate surface area is 312 Å². The lowest BCUT2D eigenvalue weighted by atomic mass is 9.98. The summed E-state index contributed by atoms with van der Waals surface area (Å²) < 4.78 is 13.3. The van der Waals surface area contributed by atoms with Gasteiger partial charge >= 0.3 is 0 Å². The first-order valence-corrected chi connectivity index (χ1v) is 18.8. The number of unbranched alkanes of at least 4 members (excludes halogenated alkanes) is 2. The van der Waals surface area contributed by atoms with Gasteiger partial charge in [0.1, 0.15) is 0 Å². The van der Waals surface area contributed by atoms with E-state index in [1.54, 1.807) is 5.48 Å². The SMILES string of the molecule is O=C(CCCCCC(=O)NCc1cccc(-c2ccc([C@@H]3O[C@H](CN4CCN(Cc5ccccc5)CC4)C[C@H](c4ccc(CO)cc4)O3)cc2)c1)NO. The number of rotatable bonds is 16. The van der Waals surface area contributed by atoms with Crippen LogP contribution >= 0.6 is 0 Å². The van der Waals surface area contributed by atoms with Crippen molar-refractivity contribution < 1.29 is 29.4 Å². The molecule has 10 nitrogen and oxygen atoms in total. The second-order valence-corrected chi connectivity index (χ2v) is 14.1. The van der Waals surface area contributed by atoms with Crippen LogP contribution in [0.5, 0.6) is 0 Å². The van der Waals surface area contributed by atoms with Crippen molar-refractivity contribution in [2.75, 3.05) is 32.7 Å². The van der Waals surface area contributed by atoms with Gasteiger partial charge in [0, 0.05) is 70.6 Å². The number of hydrogen-bond acceptors (Lipinski definition) is 8. The molecule has 2 fully saturated rings. The van der Waals surface area contributed by atoms with Crippen molar-refractivity contribution in [3.8, 4) is 11.1 Å². The van der Waals surface area contributed by atoms with Crippen LogP contribution in [0.2, 0.25) is 0 Å². The van der Waals surface area contributed by atoms with Crippen molar-refractivity contribution in [3.05, 3.63) is 131 Å². The topological polar surface area (TPSA) is 124 Å². The van der Waals surface area contributed by atoms with E-state index in [0.29, 0.717) is 25.8 Å². The van der Waals surface area contributed by atoms with Gasteiger partial charge in [-0.2, -0.15) is 0 Å². The molecule has 0 saturated carbocycles. The molecule has 2 saturated heterocycles. The number of hydrogen-bond donors (Lipinski definition) is 4. The summed E-state index contributed by atoms with van der Waals surface area (Å²) in [4.78, 5) is 28.6. The molecule has 2 aliphatic heterocycles. The van der Waals surface area contributed by atoms with Crippen LogP contribution in [-0.2, 0) is 38.8 Å². The van der Waals surface area contributed by atoms with Crippen molar-refractivity contribution >= 4 is 11.8 Å². The van der Waals surface area contributed by atoms with Gasteiger partial charge in [0.15, 0.2) is 6.29 Å². The second-order valence-electron chi connectivity index (χ2n) is 14.1. The minimum atomic E-state index is -0.516. The maximum Gasteiger partial charge on any atom is 0.243 e. The van der Waals surface area contributed by atoms with Gasteiger partial charge in [-0.25, -0.2) is 5.48 Å². The highest BCUT2D eigenvalue weighted by molar-refractivity contribution is 5.76. The van der Waals surface area contributed by atoms with Crippen molar-refractivity contribution in [3.63, 3.8) is 0 Å². The van der Waals surface area contributed by atoms with Crippen LogP contribution in [0.15, 0.2) is 103 Å². The van der Waals surface area contributed by atoms with Gasteiger partial charge in [0.05, 0.1) is 18.8 Å². The van der Waals surface area contributed by atoms with Crippen LogP contribution in [0, 0.1) is 0 Å². The maximum atomic E-state index is 12.4. The zero-order chi connectivity index (χ0) is 36.8. The van der Waals surface area contributed by atoms with E-state index in [9.17, 15) is 14.7 Å².